The van der Waals surface area contributed by atoms with Crippen molar-refractivity contribution < 1.29 is 17.9 Å². The summed E-state index contributed by atoms with van der Waals surface area (Å²) in [5, 5.41) is 3.34. The molecule has 1 saturated heterocycles. The zero-order valence-electron chi connectivity index (χ0n) is 12.4. The van der Waals surface area contributed by atoms with E-state index in [2.05, 4.69) is 10.0 Å². The first-order chi connectivity index (χ1) is 10.0. The maximum atomic E-state index is 12.3. The molecule has 0 aromatic heterocycles. The van der Waals surface area contributed by atoms with Crippen molar-refractivity contribution in [3.63, 3.8) is 0 Å². The zero-order chi connectivity index (χ0) is 15.3. The van der Waals surface area contributed by atoms with E-state index in [9.17, 15) is 8.42 Å². The van der Waals surface area contributed by atoms with Crippen molar-refractivity contribution in [1.29, 1.82) is 0 Å². The van der Waals surface area contributed by atoms with Gasteiger partial charge in [0.25, 0.3) is 0 Å². The standard InChI is InChI=1S/C14H22N2O4S/c1-19-11-14(8-3-9-15-14)10-16-21(17,18)13-6-4-12(20-2)5-7-13/h4-7,15-16H,3,8-11H2,1-2H3. The number of nitrogens with one attached hydrogen (secondary N) is 2. The first kappa shape index (κ1) is 16.2. The third kappa shape index (κ3) is 3.94. The van der Waals surface area contributed by atoms with Gasteiger partial charge in [-0.1, -0.05) is 0 Å². The second-order valence-electron chi connectivity index (χ2n) is 5.24. The Morgan fingerprint density at radius 2 is 2.00 bits per heavy atom. The van der Waals surface area contributed by atoms with Crippen LogP contribution in [0, 0.1) is 0 Å². The van der Waals surface area contributed by atoms with Crippen LogP contribution in [-0.2, 0) is 14.8 Å². The van der Waals surface area contributed by atoms with E-state index in [1.807, 2.05) is 0 Å². The van der Waals surface area contributed by atoms with Gasteiger partial charge in [0.05, 0.1) is 24.2 Å². The molecule has 118 valence electrons. The third-order valence-electron chi connectivity index (χ3n) is 3.72. The molecule has 6 nitrogen and oxygen atoms in total. The normalized spacial score (nSPS) is 22.4. The summed E-state index contributed by atoms with van der Waals surface area (Å²) < 4.78 is 37.5. The Morgan fingerprint density at radius 3 is 2.52 bits per heavy atom. The second-order valence-corrected chi connectivity index (χ2v) is 7.01. The van der Waals surface area contributed by atoms with Crippen molar-refractivity contribution in [3.05, 3.63) is 24.3 Å². The van der Waals surface area contributed by atoms with Crippen molar-refractivity contribution in [1.82, 2.24) is 10.0 Å². The van der Waals surface area contributed by atoms with Gasteiger partial charge in [0, 0.05) is 13.7 Å². The van der Waals surface area contributed by atoms with E-state index in [1.165, 1.54) is 12.1 Å². The third-order valence-corrected chi connectivity index (χ3v) is 5.14. The van der Waals surface area contributed by atoms with E-state index < -0.39 is 10.0 Å². The van der Waals surface area contributed by atoms with E-state index in [0.717, 1.165) is 19.4 Å². The molecule has 0 aliphatic carbocycles. The van der Waals surface area contributed by atoms with Crippen LogP contribution in [0.4, 0.5) is 0 Å². The molecule has 2 N–H and O–H groups in total. The average Bonchev–Trinajstić information content (AvgIpc) is 2.95. The first-order valence-corrected chi connectivity index (χ1v) is 8.37. The van der Waals surface area contributed by atoms with Crippen LogP contribution in [-0.4, -0.2) is 47.9 Å². The lowest BCUT2D eigenvalue weighted by molar-refractivity contribution is 0.122. The molecule has 1 fully saturated rings. The quantitative estimate of drug-likeness (QED) is 0.776. The number of benzene rings is 1. The smallest absolute Gasteiger partial charge is 0.240 e. The second kappa shape index (κ2) is 6.74. The predicted octanol–water partition coefficient (Wildman–Crippen LogP) is 0.742. The van der Waals surface area contributed by atoms with Crippen LogP contribution in [0.3, 0.4) is 0 Å². The molecule has 1 aliphatic rings. The minimum absolute atomic E-state index is 0.230. The van der Waals surface area contributed by atoms with Gasteiger partial charge in [-0.3, -0.25) is 0 Å². The Hall–Kier alpha value is -1.15. The van der Waals surface area contributed by atoms with Gasteiger partial charge in [0.2, 0.25) is 10.0 Å². The highest BCUT2D eigenvalue weighted by atomic mass is 32.2. The van der Waals surface area contributed by atoms with Gasteiger partial charge in [0.1, 0.15) is 5.75 Å². The van der Waals surface area contributed by atoms with Crippen LogP contribution in [0.1, 0.15) is 12.8 Å². The lowest BCUT2D eigenvalue weighted by Crippen LogP contribution is -2.52. The van der Waals surface area contributed by atoms with Crippen LogP contribution in [0.5, 0.6) is 5.75 Å². The molecule has 1 unspecified atom stereocenters. The Labute approximate surface area is 125 Å². The summed E-state index contributed by atoms with van der Waals surface area (Å²) in [6.45, 7) is 1.68. The fourth-order valence-corrected chi connectivity index (χ4v) is 3.67. The van der Waals surface area contributed by atoms with Gasteiger partial charge in [-0.25, -0.2) is 13.1 Å². The topological polar surface area (TPSA) is 76.7 Å². The van der Waals surface area contributed by atoms with E-state index in [4.69, 9.17) is 9.47 Å². The van der Waals surface area contributed by atoms with Crippen LogP contribution in [0.2, 0.25) is 0 Å². The molecule has 0 spiro atoms. The Morgan fingerprint density at radius 1 is 1.29 bits per heavy atom. The summed E-state index contributed by atoms with van der Waals surface area (Å²) >= 11 is 0. The van der Waals surface area contributed by atoms with Gasteiger partial charge >= 0.3 is 0 Å². The summed E-state index contributed by atoms with van der Waals surface area (Å²) in [6, 6.07) is 6.33. The largest absolute Gasteiger partial charge is 0.497 e. The molecular weight excluding hydrogens is 292 g/mol. The lowest BCUT2D eigenvalue weighted by atomic mass is 9.99. The summed E-state index contributed by atoms with van der Waals surface area (Å²) in [7, 11) is -0.362. The van der Waals surface area contributed by atoms with E-state index in [0.29, 0.717) is 18.9 Å². The molecule has 1 aromatic carbocycles. The fourth-order valence-electron chi connectivity index (χ4n) is 2.54. The molecule has 1 atom stereocenters. The molecule has 1 aliphatic heterocycles. The minimum atomic E-state index is -3.53. The van der Waals surface area contributed by atoms with Gasteiger partial charge in [-0.05, 0) is 43.7 Å². The maximum Gasteiger partial charge on any atom is 0.240 e. The number of sulfonamides is 1. The predicted molar refractivity (Wildman–Crippen MR) is 80.0 cm³/mol. The summed E-state index contributed by atoms with van der Waals surface area (Å²) in [6.07, 6.45) is 1.92. The molecule has 7 heteroatoms. The van der Waals surface area contributed by atoms with Crippen molar-refractivity contribution in [3.8, 4) is 5.75 Å². The average molecular weight is 314 g/mol. The molecule has 0 saturated carbocycles. The van der Waals surface area contributed by atoms with Crippen LogP contribution in [0.25, 0.3) is 0 Å². The molecule has 0 bridgehead atoms. The highest BCUT2D eigenvalue weighted by Gasteiger charge is 2.34. The van der Waals surface area contributed by atoms with Crippen molar-refractivity contribution in [2.45, 2.75) is 23.3 Å². The van der Waals surface area contributed by atoms with Gasteiger partial charge in [0.15, 0.2) is 0 Å². The van der Waals surface area contributed by atoms with Crippen LogP contribution in [0.15, 0.2) is 29.2 Å². The molecule has 1 aromatic rings. The van der Waals surface area contributed by atoms with E-state index in [-0.39, 0.29) is 10.4 Å². The number of hydrogen-bond donors (Lipinski definition) is 2. The minimum Gasteiger partial charge on any atom is -0.497 e. The Bertz CT molecular complexity index is 551. The van der Waals surface area contributed by atoms with Crippen molar-refractivity contribution in [2.24, 2.45) is 0 Å². The monoisotopic (exact) mass is 314 g/mol. The maximum absolute atomic E-state index is 12.3. The highest BCUT2D eigenvalue weighted by Crippen LogP contribution is 2.20. The number of ether oxygens (including phenoxy) is 2. The molecule has 0 amide bonds. The number of hydrogen-bond acceptors (Lipinski definition) is 5. The van der Waals surface area contributed by atoms with Crippen molar-refractivity contribution >= 4 is 10.0 Å². The molecule has 2 rings (SSSR count). The number of methoxy groups -OCH3 is 2. The van der Waals surface area contributed by atoms with Gasteiger partial charge in [-0.2, -0.15) is 0 Å². The first-order valence-electron chi connectivity index (χ1n) is 6.89. The molecule has 0 radical (unpaired) electrons. The van der Waals surface area contributed by atoms with Crippen LogP contribution >= 0.6 is 0 Å². The SMILES string of the molecule is COCC1(CNS(=O)(=O)c2ccc(OC)cc2)CCCN1. The Balaban J connectivity index is 2.06. The van der Waals surface area contributed by atoms with Crippen LogP contribution < -0.4 is 14.8 Å². The van der Waals surface area contributed by atoms with Gasteiger partial charge in [-0.15, -0.1) is 0 Å². The summed E-state index contributed by atoms with van der Waals surface area (Å²) in [4.78, 5) is 0.230. The summed E-state index contributed by atoms with van der Waals surface area (Å²) in [5.41, 5.74) is -0.311. The fraction of sp³-hybridized carbons (Fsp3) is 0.571. The van der Waals surface area contributed by atoms with E-state index >= 15 is 0 Å². The molecular formula is C14H22N2O4S. The van der Waals surface area contributed by atoms with E-state index in [1.54, 1.807) is 26.4 Å². The zero-order valence-corrected chi connectivity index (χ0v) is 13.2. The highest BCUT2D eigenvalue weighted by molar-refractivity contribution is 7.89. The molecule has 1 heterocycles. The molecule has 21 heavy (non-hydrogen) atoms. The summed E-state index contributed by atoms with van der Waals surface area (Å²) in [5.74, 6) is 0.627. The van der Waals surface area contributed by atoms with Gasteiger partial charge < -0.3 is 14.8 Å². The Kier molecular flexibility index (Phi) is 5.21. The lowest BCUT2D eigenvalue weighted by Gasteiger charge is -2.28. The van der Waals surface area contributed by atoms with Crippen molar-refractivity contribution in [2.75, 3.05) is 33.9 Å². The number of rotatable bonds is 7.